The van der Waals surface area contributed by atoms with E-state index in [1.54, 1.807) is 13.0 Å². The van der Waals surface area contributed by atoms with Gasteiger partial charge in [-0.2, -0.15) is 0 Å². The molecule has 0 spiro atoms. The van der Waals surface area contributed by atoms with Gasteiger partial charge in [0.2, 0.25) is 0 Å². The number of carbonyl (C=O) groups is 1. The molecule has 0 radical (unpaired) electrons. The summed E-state index contributed by atoms with van der Waals surface area (Å²) in [5, 5.41) is 0. The normalized spacial score (nSPS) is 26.1. The Bertz CT molecular complexity index is 179. The fourth-order valence-electron chi connectivity index (χ4n) is 0.635. The summed E-state index contributed by atoms with van der Waals surface area (Å²) in [6, 6.07) is 0. The van der Waals surface area contributed by atoms with Crippen LogP contribution in [0.4, 0.5) is 0 Å². The number of rotatable bonds is 0. The molecule has 1 aliphatic heterocycles. The highest BCUT2D eigenvalue weighted by Gasteiger charge is 2.14. The Labute approximate surface area is 53.8 Å². The van der Waals surface area contributed by atoms with Crippen molar-refractivity contribution in [3.63, 3.8) is 0 Å². The highest BCUT2D eigenvalue weighted by Crippen LogP contribution is 2.09. The average molecular weight is 124 g/mol. The maximum absolute atomic E-state index is 10.7. The Hall–Kier alpha value is -1.05. The predicted molar refractivity (Wildman–Crippen MR) is 33.8 cm³/mol. The minimum Gasteiger partial charge on any atom is -0.483 e. The van der Waals surface area contributed by atoms with Crippen molar-refractivity contribution < 1.29 is 9.53 Å². The lowest BCUT2D eigenvalue weighted by Gasteiger charge is -2.15. The quantitative estimate of drug-likeness (QED) is 0.482. The van der Waals surface area contributed by atoms with Gasteiger partial charge in [-0.3, -0.25) is 4.79 Å². The van der Waals surface area contributed by atoms with Gasteiger partial charge in [0.25, 0.3) is 0 Å². The number of hydrogen-bond acceptors (Lipinski definition) is 2. The third-order valence-corrected chi connectivity index (χ3v) is 1.16. The lowest BCUT2D eigenvalue weighted by Crippen LogP contribution is -2.20. The summed E-state index contributed by atoms with van der Waals surface area (Å²) in [7, 11) is 0. The molecular formula is C7H8O2. The molecule has 0 aromatic carbocycles. The van der Waals surface area contributed by atoms with E-state index in [1.807, 2.05) is 0 Å². The molecular weight excluding hydrogens is 116 g/mol. The molecule has 0 N–H and O–H groups in total. The molecule has 1 heterocycles. The summed E-state index contributed by atoms with van der Waals surface area (Å²) in [4.78, 5) is 10.7. The molecule has 48 valence electrons. The molecule has 0 saturated carbocycles. The minimum atomic E-state index is -0.345. The Morgan fingerprint density at radius 2 is 2.33 bits per heavy atom. The first kappa shape index (κ1) is 6.08. The fourth-order valence-corrected chi connectivity index (χ4v) is 0.635. The molecule has 1 unspecified atom stereocenters. The van der Waals surface area contributed by atoms with Crippen molar-refractivity contribution in [2.75, 3.05) is 0 Å². The van der Waals surface area contributed by atoms with E-state index in [9.17, 15) is 4.79 Å². The van der Waals surface area contributed by atoms with Gasteiger partial charge in [-0.25, -0.2) is 0 Å². The first-order chi connectivity index (χ1) is 4.20. The van der Waals surface area contributed by atoms with Crippen LogP contribution in [0, 0.1) is 0 Å². The van der Waals surface area contributed by atoms with E-state index in [0.717, 1.165) is 0 Å². The minimum absolute atomic E-state index is 0.00222. The van der Waals surface area contributed by atoms with Crippen molar-refractivity contribution in [1.29, 1.82) is 0 Å². The van der Waals surface area contributed by atoms with Crippen LogP contribution in [0.25, 0.3) is 0 Å². The molecule has 0 fully saturated rings. The monoisotopic (exact) mass is 124 g/mol. The van der Waals surface area contributed by atoms with E-state index in [0.29, 0.717) is 5.76 Å². The van der Waals surface area contributed by atoms with Crippen molar-refractivity contribution >= 4 is 5.78 Å². The van der Waals surface area contributed by atoms with Crippen molar-refractivity contribution in [2.45, 2.75) is 13.0 Å². The highest BCUT2D eigenvalue weighted by molar-refractivity contribution is 5.94. The van der Waals surface area contributed by atoms with Gasteiger partial charge in [0.15, 0.2) is 11.9 Å². The first-order valence-corrected chi connectivity index (χ1v) is 2.77. The predicted octanol–water partition coefficient (Wildman–Crippen LogP) is 1.04. The standard InChI is InChI=1S/C7H8O2/c1-5-3-4-7(8)6(2)9-5/h3-4,6H,1H2,2H3. The Morgan fingerprint density at radius 3 is 2.78 bits per heavy atom. The molecule has 0 amide bonds. The van der Waals surface area contributed by atoms with Gasteiger partial charge in [-0.1, -0.05) is 6.58 Å². The summed E-state index contributed by atoms with van der Waals surface area (Å²) in [5.41, 5.74) is 0. The van der Waals surface area contributed by atoms with Gasteiger partial charge >= 0.3 is 0 Å². The molecule has 1 aliphatic rings. The van der Waals surface area contributed by atoms with E-state index >= 15 is 0 Å². The van der Waals surface area contributed by atoms with Crippen LogP contribution in [0.2, 0.25) is 0 Å². The van der Waals surface area contributed by atoms with Crippen LogP contribution in [0.1, 0.15) is 6.92 Å². The average Bonchev–Trinajstić information content (AvgIpc) is 1.80. The van der Waals surface area contributed by atoms with Crippen molar-refractivity contribution in [2.24, 2.45) is 0 Å². The maximum atomic E-state index is 10.7. The van der Waals surface area contributed by atoms with Gasteiger partial charge in [0.1, 0.15) is 5.76 Å². The molecule has 0 bridgehead atoms. The van der Waals surface area contributed by atoms with Gasteiger partial charge in [0.05, 0.1) is 0 Å². The number of ether oxygens (including phenoxy) is 1. The molecule has 1 atom stereocenters. The van der Waals surface area contributed by atoms with E-state index in [4.69, 9.17) is 4.74 Å². The summed E-state index contributed by atoms with van der Waals surface area (Å²) in [5.74, 6) is 0.560. The summed E-state index contributed by atoms with van der Waals surface area (Å²) in [6.45, 7) is 5.24. The Balaban J connectivity index is 2.76. The second kappa shape index (κ2) is 2.05. The highest BCUT2D eigenvalue weighted by atomic mass is 16.5. The number of hydrogen-bond donors (Lipinski definition) is 0. The van der Waals surface area contributed by atoms with E-state index < -0.39 is 0 Å². The summed E-state index contributed by atoms with van der Waals surface area (Å²) in [6.07, 6.45) is 2.71. The smallest absolute Gasteiger partial charge is 0.195 e. The second-order valence-electron chi connectivity index (χ2n) is 1.96. The lowest BCUT2D eigenvalue weighted by atomic mass is 10.2. The Kier molecular flexibility index (Phi) is 1.39. The fraction of sp³-hybridized carbons (Fsp3) is 0.286. The molecule has 0 aromatic rings. The largest absolute Gasteiger partial charge is 0.483 e. The van der Waals surface area contributed by atoms with E-state index in [-0.39, 0.29) is 11.9 Å². The molecule has 1 rings (SSSR count). The maximum Gasteiger partial charge on any atom is 0.195 e. The van der Waals surface area contributed by atoms with Crippen LogP contribution in [0.3, 0.4) is 0 Å². The van der Waals surface area contributed by atoms with Crippen LogP contribution in [-0.2, 0) is 9.53 Å². The van der Waals surface area contributed by atoms with E-state index in [1.165, 1.54) is 6.08 Å². The zero-order valence-corrected chi connectivity index (χ0v) is 5.26. The number of carbonyl (C=O) groups excluding carboxylic acids is 1. The zero-order chi connectivity index (χ0) is 6.85. The molecule has 0 aliphatic carbocycles. The van der Waals surface area contributed by atoms with Gasteiger partial charge in [-0.05, 0) is 19.1 Å². The Morgan fingerprint density at radius 1 is 1.67 bits per heavy atom. The van der Waals surface area contributed by atoms with Crippen molar-refractivity contribution in [3.8, 4) is 0 Å². The molecule has 2 heteroatoms. The van der Waals surface area contributed by atoms with Crippen LogP contribution in [0.5, 0.6) is 0 Å². The van der Waals surface area contributed by atoms with E-state index in [2.05, 4.69) is 6.58 Å². The van der Waals surface area contributed by atoms with Gasteiger partial charge < -0.3 is 4.74 Å². The third-order valence-electron chi connectivity index (χ3n) is 1.16. The first-order valence-electron chi connectivity index (χ1n) is 2.77. The molecule has 0 aromatic heterocycles. The lowest BCUT2D eigenvalue weighted by molar-refractivity contribution is -0.123. The molecule has 2 nitrogen and oxygen atoms in total. The topological polar surface area (TPSA) is 26.3 Å². The third kappa shape index (κ3) is 1.19. The van der Waals surface area contributed by atoms with Gasteiger partial charge in [-0.15, -0.1) is 0 Å². The van der Waals surface area contributed by atoms with Crippen LogP contribution >= 0.6 is 0 Å². The SMILES string of the molecule is C=C1C=CC(=O)C(C)O1. The summed E-state index contributed by atoms with van der Waals surface area (Å²) < 4.78 is 4.97. The van der Waals surface area contributed by atoms with Crippen molar-refractivity contribution in [1.82, 2.24) is 0 Å². The van der Waals surface area contributed by atoms with Crippen molar-refractivity contribution in [3.05, 3.63) is 24.5 Å². The number of allylic oxidation sites excluding steroid dienone is 1. The van der Waals surface area contributed by atoms with Crippen LogP contribution < -0.4 is 0 Å². The summed E-state index contributed by atoms with van der Waals surface area (Å²) >= 11 is 0. The van der Waals surface area contributed by atoms with Crippen LogP contribution in [0.15, 0.2) is 24.5 Å². The second-order valence-corrected chi connectivity index (χ2v) is 1.96. The molecule has 0 saturated heterocycles. The van der Waals surface area contributed by atoms with Gasteiger partial charge in [0, 0.05) is 0 Å². The zero-order valence-electron chi connectivity index (χ0n) is 5.26. The molecule has 9 heavy (non-hydrogen) atoms. The van der Waals surface area contributed by atoms with Crippen LogP contribution in [-0.4, -0.2) is 11.9 Å². The number of ketones is 1.